The molecular formula is C13H17N3O2. The van der Waals surface area contributed by atoms with Crippen LogP contribution in [0.15, 0.2) is 22.6 Å². The fraction of sp³-hybridized carbons (Fsp3) is 0.462. The SMILES string of the molecule is Nc1ccc2oc(NCC3(CCO)CC3)nc2c1. The van der Waals surface area contributed by atoms with Crippen LogP contribution >= 0.6 is 0 Å². The average molecular weight is 247 g/mol. The summed E-state index contributed by atoms with van der Waals surface area (Å²) in [6, 6.07) is 5.94. The van der Waals surface area contributed by atoms with Gasteiger partial charge in [-0.25, -0.2) is 0 Å². The molecule has 5 heteroatoms. The molecule has 0 radical (unpaired) electrons. The van der Waals surface area contributed by atoms with Crippen molar-refractivity contribution in [1.82, 2.24) is 4.98 Å². The van der Waals surface area contributed by atoms with Gasteiger partial charge in [0.15, 0.2) is 5.58 Å². The highest BCUT2D eigenvalue weighted by Gasteiger charge is 2.41. The molecule has 5 nitrogen and oxygen atoms in total. The molecular weight excluding hydrogens is 230 g/mol. The summed E-state index contributed by atoms with van der Waals surface area (Å²) in [5.41, 5.74) is 8.13. The van der Waals surface area contributed by atoms with E-state index in [4.69, 9.17) is 15.3 Å². The van der Waals surface area contributed by atoms with E-state index >= 15 is 0 Å². The van der Waals surface area contributed by atoms with Gasteiger partial charge in [-0.15, -0.1) is 0 Å². The lowest BCUT2D eigenvalue weighted by molar-refractivity contribution is 0.253. The molecule has 18 heavy (non-hydrogen) atoms. The van der Waals surface area contributed by atoms with Crippen LogP contribution in [0.1, 0.15) is 19.3 Å². The number of hydrogen-bond donors (Lipinski definition) is 3. The van der Waals surface area contributed by atoms with Gasteiger partial charge >= 0.3 is 0 Å². The van der Waals surface area contributed by atoms with E-state index in [0.29, 0.717) is 11.7 Å². The van der Waals surface area contributed by atoms with Gasteiger partial charge in [-0.3, -0.25) is 0 Å². The van der Waals surface area contributed by atoms with Crippen molar-refractivity contribution in [2.24, 2.45) is 5.41 Å². The van der Waals surface area contributed by atoms with Crippen LogP contribution in [0.5, 0.6) is 0 Å². The number of aromatic nitrogens is 1. The minimum atomic E-state index is 0.242. The maximum atomic E-state index is 9.00. The van der Waals surface area contributed by atoms with Crippen molar-refractivity contribution < 1.29 is 9.52 Å². The number of aliphatic hydroxyl groups excluding tert-OH is 1. The third kappa shape index (κ3) is 2.13. The highest BCUT2D eigenvalue weighted by Crippen LogP contribution is 2.48. The van der Waals surface area contributed by atoms with Gasteiger partial charge in [0.2, 0.25) is 0 Å². The van der Waals surface area contributed by atoms with Crippen LogP contribution in [0.2, 0.25) is 0 Å². The molecule has 1 fully saturated rings. The highest BCUT2D eigenvalue weighted by atomic mass is 16.4. The molecule has 1 aliphatic rings. The number of nitrogens with one attached hydrogen (secondary N) is 1. The predicted octanol–water partition coefficient (Wildman–Crippen LogP) is 1.98. The maximum Gasteiger partial charge on any atom is 0.295 e. The number of nitrogen functional groups attached to an aromatic ring is 1. The first-order valence-corrected chi connectivity index (χ1v) is 6.22. The molecule has 0 atom stereocenters. The van der Waals surface area contributed by atoms with Gasteiger partial charge in [0.25, 0.3) is 6.01 Å². The number of rotatable bonds is 5. The highest BCUT2D eigenvalue weighted by molar-refractivity contribution is 5.78. The lowest BCUT2D eigenvalue weighted by Crippen LogP contribution is -2.16. The number of benzene rings is 1. The van der Waals surface area contributed by atoms with E-state index in [0.717, 1.165) is 36.9 Å². The van der Waals surface area contributed by atoms with Crippen LogP contribution in [0, 0.1) is 5.41 Å². The van der Waals surface area contributed by atoms with E-state index in [9.17, 15) is 0 Å². The van der Waals surface area contributed by atoms with Crippen LogP contribution in [-0.4, -0.2) is 23.2 Å². The topological polar surface area (TPSA) is 84.3 Å². The second kappa shape index (κ2) is 4.17. The van der Waals surface area contributed by atoms with Crippen LogP contribution in [-0.2, 0) is 0 Å². The van der Waals surface area contributed by atoms with Crippen LogP contribution in [0.4, 0.5) is 11.7 Å². The van der Waals surface area contributed by atoms with Crippen molar-refractivity contribution in [2.75, 3.05) is 24.2 Å². The second-order valence-electron chi connectivity index (χ2n) is 5.07. The van der Waals surface area contributed by atoms with E-state index in [-0.39, 0.29) is 12.0 Å². The Balaban J connectivity index is 1.71. The molecule has 2 aromatic rings. The molecule has 4 N–H and O–H groups in total. The molecule has 1 aromatic carbocycles. The summed E-state index contributed by atoms with van der Waals surface area (Å²) < 4.78 is 5.58. The number of anilines is 2. The van der Waals surface area contributed by atoms with Gasteiger partial charge in [0, 0.05) is 18.8 Å². The molecule has 0 saturated heterocycles. The summed E-state index contributed by atoms with van der Waals surface area (Å²) in [6.45, 7) is 1.04. The quantitative estimate of drug-likeness (QED) is 0.703. The zero-order valence-electron chi connectivity index (χ0n) is 10.1. The van der Waals surface area contributed by atoms with Crippen molar-refractivity contribution in [3.8, 4) is 0 Å². The average Bonchev–Trinajstić information content (AvgIpc) is 2.99. The third-order valence-electron chi connectivity index (χ3n) is 3.63. The number of hydrogen-bond acceptors (Lipinski definition) is 5. The Kier molecular flexibility index (Phi) is 2.63. The molecule has 1 aliphatic carbocycles. The van der Waals surface area contributed by atoms with E-state index < -0.39 is 0 Å². The molecule has 0 unspecified atom stereocenters. The van der Waals surface area contributed by atoms with Crippen LogP contribution in [0.25, 0.3) is 11.1 Å². The second-order valence-corrected chi connectivity index (χ2v) is 5.07. The smallest absolute Gasteiger partial charge is 0.295 e. The summed E-state index contributed by atoms with van der Waals surface area (Å²) in [5, 5.41) is 12.2. The summed E-state index contributed by atoms with van der Waals surface area (Å²) in [7, 11) is 0. The molecule has 1 heterocycles. The molecule has 1 saturated carbocycles. The van der Waals surface area contributed by atoms with Gasteiger partial charge in [-0.2, -0.15) is 4.98 Å². The normalized spacial score (nSPS) is 16.9. The maximum absolute atomic E-state index is 9.00. The van der Waals surface area contributed by atoms with Crippen molar-refractivity contribution in [3.63, 3.8) is 0 Å². The first-order chi connectivity index (χ1) is 8.71. The molecule has 96 valence electrons. The molecule has 3 rings (SSSR count). The van der Waals surface area contributed by atoms with E-state index in [2.05, 4.69) is 10.3 Å². The fourth-order valence-corrected chi connectivity index (χ4v) is 2.21. The monoisotopic (exact) mass is 247 g/mol. The van der Waals surface area contributed by atoms with Crippen molar-refractivity contribution in [1.29, 1.82) is 0 Å². The molecule has 0 spiro atoms. The predicted molar refractivity (Wildman–Crippen MR) is 70.3 cm³/mol. The Morgan fingerprint density at radius 2 is 2.28 bits per heavy atom. The largest absolute Gasteiger partial charge is 0.424 e. The van der Waals surface area contributed by atoms with E-state index in [1.54, 1.807) is 12.1 Å². The minimum absolute atomic E-state index is 0.242. The first-order valence-electron chi connectivity index (χ1n) is 6.22. The number of aliphatic hydroxyl groups is 1. The van der Waals surface area contributed by atoms with Gasteiger partial charge in [-0.05, 0) is 42.9 Å². The molecule has 0 bridgehead atoms. The molecule has 1 aromatic heterocycles. The van der Waals surface area contributed by atoms with Gasteiger partial charge in [0.05, 0.1) is 0 Å². The number of fused-ring (bicyclic) bond motifs is 1. The molecule has 0 amide bonds. The van der Waals surface area contributed by atoms with Gasteiger partial charge in [-0.1, -0.05) is 0 Å². The van der Waals surface area contributed by atoms with E-state index in [1.807, 2.05) is 6.07 Å². The number of nitrogens with zero attached hydrogens (tertiary/aromatic N) is 1. The van der Waals surface area contributed by atoms with Crippen LogP contribution in [0.3, 0.4) is 0 Å². The standard InChI is InChI=1S/C13H17N3O2/c14-9-1-2-11-10(7-9)16-12(18-11)15-8-13(3-4-13)5-6-17/h1-2,7,17H,3-6,8,14H2,(H,15,16). The van der Waals surface area contributed by atoms with Crippen molar-refractivity contribution >= 4 is 22.8 Å². The van der Waals surface area contributed by atoms with Crippen LogP contribution < -0.4 is 11.1 Å². The fourth-order valence-electron chi connectivity index (χ4n) is 2.21. The Labute approximate surface area is 105 Å². The van der Waals surface area contributed by atoms with Crippen molar-refractivity contribution in [3.05, 3.63) is 18.2 Å². The van der Waals surface area contributed by atoms with Gasteiger partial charge in [0.1, 0.15) is 5.52 Å². The van der Waals surface area contributed by atoms with Crippen molar-refractivity contribution in [2.45, 2.75) is 19.3 Å². The minimum Gasteiger partial charge on any atom is -0.424 e. The zero-order valence-corrected chi connectivity index (χ0v) is 10.1. The van der Waals surface area contributed by atoms with Gasteiger partial charge < -0.3 is 20.6 Å². The summed E-state index contributed by atoms with van der Waals surface area (Å²) in [6.07, 6.45) is 3.16. The third-order valence-corrected chi connectivity index (χ3v) is 3.63. The summed E-state index contributed by atoms with van der Waals surface area (Å²) in [4.78, 5) is 4.34. The Morgan fingerprint density at radius 3 is 3.00 bits per heavy atom. The lowest BCUT2D eigenvalue weighted by Gasteiger charge is -2.12. The first kappa shape index (κ1) is 11.3. The Morgan fingerprint density at radius 1 is 1.44 bits per heavy atom. The van der Waals surface area contributed by atoms with E-state index in [1.165, 1.54) is 0 Å². The number of oxazole rings is 1. The Bertz CT molecular complexity index is 560. The summed E-state index contributed by atoms with van der Waals surface area (Å²) in [5.74, 6) is 0. The molecule has 0 aliphatic heterocycles. The zero-order chi connectivity index (χ0) is 12.6. The summed E-state index contributed by atoms with van der Waals surface area (Å²) >= 11 is 0. The lowest BCUT2D eigenvalue weighted by atomic mass is 10.0. The Hall–Kier alpha value is -1.75. The number of nitrogens with two attached hydrogens (primary N) is 1.